The molecule has 0 radical (unpaired) electrons. The summed E-state index contributed by atoms with van der Waals surface area (Å²) < 4.78 is 60.7. The van der Waals surface area contributed by atoms with Gasteiger partial charge in [-0.25, -0.2) is 0 Å². The number of rotatable bonds is 21. The van der Waals surface area contributed by atoms with E-state index in [-0.39, 0.29) is 0 Å². The van der Waals surface area contributed by atoms with Gasteiger partial charge in [-0.3, -0.25) is 0 Å². The topological polar surface area (TPSA) is 506 Å². The van der Waals surface area contributed by atoms with Gasteiger partial charge in [0.25, 0.3) is 0 Å². The van der Waals surface area contributed by atoms with Crippen LogP contribution < -0.4 is 0 Å². The molecule has 20 N–H and O–H groups in total. The molecule has 5 aliphatic heterocycles. The molecule has 14 unspecified atom stereocenters. The highest BCUT2D eigenvalue weighted by atomic mass is 16.8. The molecule has 5 rings (SSSR count). The maximum Gasteiger partial charge on any atom is 0.187 e. The van der Waals surface area contributed by atoms with Gasteiger partial charge in [0.15, 0.2) is 37.7 Å². The quantitative estimate of drug-likeness (QED) is 0.0475. The van der Waals surface area contributed by atoms with Crippen LogP contribution >= 0.6 is 0 Å². The smallest absolute Gasteiger partial charge is 0.187 e. The maximum atomic E-state index is 11.2. The average molecular weight is 1010 g/mol. The van der Waals surface area contributed by atoms with E-state index in [4.69, 9.17) is 52.1 Å². The Balaban J connectivity index is 1.22. The number of hydrogen-bond acceptors (Lipinski definition) is 31. The zero-order chi connectivity index (χ0) is 50.5. The molecule has 0 bridgehead atoms. The molecule has 0 spiro atoms. The van der Waals surface area contributed by atoms with E-state index in [1.165, 1.54) is 6.92 Å². The van der Waals surface area contributed by atoms with Crippen molar-refractivity contribution < 1.29 is 154 Å². The summed E-state index contributed by atoms with van der Waals surface area (Å²) in [5, 5.41) is 209. The second-order valence-electron chi connectivity index (χ2n) is 16.8. The lowest BCUT2D eigenvalue weighted by molar-refractivity contribution is -0.394. The standard InChI is InChI=1S/C37H66O31/c1-9(45)11(3-39)59-33(10(46)2-38)64-28-13(5-41)60-35(23(53)18(28)48)66-30-15(7-43)62-37(25(55)20(30)50)68-31-16(8-44)63-36(26(56)21(31)51)67-29-14(6-42)61-34(24(54)19(29)49)65-27-12(4-40)58-32(57)22(52)17(27)47/h9-57H,2-8H2,1H3/t9-,10-,11?,12?,13?,14?,15?,16?,17?,18?,19?,20?,21?,22-,23-,24?,25-,26?,27+,28+,29+,30+,31+,32?,33-,34-,35-,36-,37-/m0/s1. The van der Waals surface area contributed by atoms with Crippen molar-refractivity contribution in [1.82, 2.24) is 0 Å². The first-order chi connectivity index (χ1) is 32.2. The van der Waals surface area contributed by atoms with E-state index in [1.807, 2.05) is 0 Å². The Kier molecular flexibility index (Phi) is 21.7. The van der Waals surface area contributed by atoms with Gasteiger partial charge in [-0.1, -0.05) is 0 Å². The summed E-state index contributed by atoms with van der Waals surface area (Å²) in [4.78, 5) is 0. The number of hydrogen-bond donors (Lipinski definition) is 20. The second kappa shape index (κ2) is 25.6. The van der Waals surface area contributed by atoms with E-state index >= 15 is 0 Å². The van der Waals surface area contributed by atoms with Crippen LogP contribution in [0, 0.1) is 0 Å². The molecule has 0 aromatic carbocycles. The summed E-state index contributed by atoms with van der Waals surface area (Å²) in [6.07, 6.45) is -54.2. The Morgan fingerprint density at radius 1 is 0.382 bits per heavy atom. The van der Waals surface area contributed by atoms with Crippen LogP contribution in [0.15, 0.2) is 0 Å². The monoisotopic (exact) mass is 1010 g/mol. The summed E-state index contributed by atoms with van der Waals surface area (Å²) in [5.74, 6) is 0. The van der Waals surface area contributed by atoms with Crippen LogP contribution in [-0.2, 0) is 52.1 Å². The number of aliphatic hydroxyl groups is 20. The van der Waals surface area contributed by atoms with Crippen LogP contribution in [0.25, 0.3) is 0 Å². The van der Waals surface area contributed by atoms with Gasteiger partial charge < -0.3 is 154 Å². The molecule has 400 valence electrons. The van der Waals surface area contributed by atoms with Gasteiger partial charge in [0.2, 0.25) is 0 Å². The van der Waals surface area contributed by atoms with Gasteiger partial charge in [-0.05, 0) is 6.92 Å². The molecule has 0 aliphatic carbocycles. The average Bonchev–Trinajstić information content (AvgIpc) is 3.33. The Hall–Kier alpha value is -1.24. The molecule has 0 aromatic rings. The highest BCUT2D eigenvalue weighted by Gasteiger charge is 2.57. The first kappa shape index (κ1) is 57.7. The zero-order valence-corrected chi connectivity index (χ0v) is 36.1. The molecular formula is C37H66O31. The van der Waals surface area contributed by atoms with Crippen molar-refractivity contribution in [2.45, 2.75) is 185 Å². The molecule has 31 heteroatoms. The number of ether oxygens (including phenoxy) is 11. The minimum Gasteiger partial charge on any atom is -0.394 e. The third-order valence-corrected chi connectivity index (χ3v) is 12.1. The Morgan fingerprint density at radius 2 is 0.676 bits per heavy atom. The molecule has 0 aromatic heterocycles. The molecule has 5 saturated heterocycles. The van der Waals surface area contributed by atoms with Gasteiger partial charge in [-0.15, -0.1) is 0 Å². The highest BCUT2D eigenvalue weighted by molar-refractivity contribution is 4.99. The van der Waals surface area contributed by atoms with Crippen LogP contribution in [0.1, 0.15) is 6.92 Å². The lowest BCUT2D eigenvalue weighted by Crippen LogP contribution is -2.68. The molecule has 29 atom stereocenters. The summed E-state index contributed by atoms with van der Waals surface area (Å²) >= 11 is 0. The fraction of sp³-hybridized carbons (Fsp3) is 1.00. The van der Waals surface area contributed by atoms with Gasteiger partial charge in [-0.2, -0.15) is 0 Å². The van der Waals surface area contributed by atoms with Crippen molar-refractivity contribution in [2.24, 2.45) is 0 Å². The Morgan fingerprint density at radius 3 is 0.971 bits per heavy atom. The molecule has 0 saturated carbocycles. The minimum absolute atomic E-state index is 0.783. The van der Waals surface area contributed by atoms with E-state index in [9.17, 15) is 102 Å². The van der Waals surface area contributed by atoms with Gasteiger partial charge in [0.1, 0.15) is 134 Å². The van der Waals surface area contributed by atoms with Crippen molar-refractivity contribution in [2.75, 3.05) is 46.2 Å². The van der Waals surface area contributed by atoms with Crippen molar-refractivity contribution >= 4 is 0 Å². The maximum absolute atomic E-state index is 11.2. The van der Waals surface area contributed by atoms with Gasteiger partial charge >= 0.3 is 0 Å². The summed E-state index contributed by atoms with van der Waals surface area (Å²) in [7, 11) is 0. The zero-order valence-electron chi connectivity index (χ0n) is 36.1. The van der Waals surface area contributed by atoms with E-state index in [0.29, 0.717) is 0 Å². The third-order valence-electron chi connectivity index (χ3n) is 12.1. The van der Waals surface area contributed by atoms with E-state index in [0.717, 1.165) is 0 Å². The second-order valence-corrected chi connectivity index (χ2v) is 16.8. The molecule has 5 fully saturated rings. The lowest BCUT2D eigenvalue weighted by atomic mass is 9.95. The van der Waals surface area contributed by atoms with Crippen molar-refractivity contribution in [1.29, 1.82) is 0 Å². The first-order valence-electron chi connectivity index (χ1n) is 21.5. The fourth-order valence-corrected chi connectivity index (χ4v) is 8.12. The number of aliphatic hydroxyl groups excluding tert-OH is 20. The van der Waals surface area contributed by atoms with Crippen LogP contribution in [0.2, 0.25) is 0 Å². The fourth-order valence-electron chi connectivity index (χ4n) is 8.12. The van der Waals surface area contributed by atoms with Crippen LogP contribution in [0.3, 0.4) is 0 Å². The molecule has 0 amide bonds. The van der Waals surface area contributed by atoms with E-state index in [1.54, 1.807) is 0 Å². The van der Waals surface area contributed by atoms with E-state index in [2.05, 4.69) is 0 Å². The molecular weight excluding hydrogens is 940 g/mol. The molecule has 31 nitrogen and oxygen atoms in total. The lowest BCUT2D eigenvalue weighted by Gasteiger charge is -2.49. The van der Waals surface area contributed by atoms with Crippen molar-refractivity contribution in [3.05, 3.63) is 0 Å². The van der Waals surface area contributed by atoms with Crippen LogP contribution in [-0.4, -0.2) is 327 Å². The van der Waals surface area contributed by atoms with E-state index < -0.39 is 224 Å². The largest absolute Gasteiger partial charge is 0.394 e. The summed E-state index contributed by atoms with van der Waals surface area (Å²) in [6, 6.07) is 0. The molecule has 5 aliphatic rings. The van der Waals surface area contributed by atoms with Crippen LogP contribution in [0.4, 0.5) is 0 Å². The Bertz CT molecular complexity index is 1470. The predicted molar refractivity (Wildman–Crippen MR) is 206 cm³/mol. The predicted octanol–water partition coefficient (Wildman–Crippen LogP) is -13.5. The summed E-state index contributed by atoms with van der Waals surface area (Å²) in [5.41, 5.74) is 0. The SMILES string of the molecule is C[C@H](O)C(CO)O[C@@H](O[C@@H]1C(CO)O[C@@H](O[C@@H]2C(CO)O[C@@H](O[C@@H]3C(CO)O[C@@H](O[C@@H]4C(CO)O[C@@H](O[C@@H]5C(CO)OC(O)[C@@H](O)C5O)C(O)C4O)C(O)C3O)[C@@H](O)C2O)[C@@H](O)C1O)[C@@H](O)CO. The molecule has 5 heterocycles. The van der Waals surface area contributed by atoms with Gasteiger partial charge in [0.05, 0.1) is 52.4 Å². The van der Waals surface area contributed by atoms with Crippen LogP contribution in [0.5, 0.6) is 0 Å². The normalized spacial score (nSPS) is 47.9. The molecule has 68 heavy (non-hydrogen) atoms. The first-order valence-corrected chi connectivity index (χ1v) is 21.5. The van der Waals surface area contributed by atoms with Crippen molar-refractivity contribution in [3.63, 3.8) is 0 Å². The Labute approximate surface area is 385 Å². The van der Waals surface area contributed by atoms with Gasteiger partial charge in [0, 0.05) is 0 Å². The summed E-state index contributed by atoms with van der Waals surface area (Å²) in [6.45, 7) is -5.39. The third kappa shape index (κ3) is 12.6. The highest BCUT2D eigenvalue weighted by Crippen LogP contribution is 2.36. The van der Waals surface area contributed by atoms with Crippen molar-refractivity contribution in [3.8, 4) is 0 Å². The minimum atomic E-state index is -2.18.